The standard InChI is InChI=1S/C32H30N2O2/c1-22(35)30-19-32(20-30,21-30)31(13-14-31)16-28(36)27-9-5-8-24-12-15-34(29(24)27)18-26-11-10-25(17-33-26)23-6-3-2-4-7-23/h2-12,15,17H,13-14,16,18-21H2,1H3. The maximum absolute atomic E-state index is 13.7. The van der Waals surface area contributed by atoms with Crippen LogP contribution in [0.15, 0.2) is 79.1 Å². The van der Waals surface area contributed by atoms with Crippen molar-refractivity contribution >= 4 is 22.5 Å². The Morgan fingerprint density at radius 2 is 1.67 bits per heavy atom. The van der Waals surface area contributed by atoms with E-state index in [0.717, 1.165) is 65.4 Å². The molecule has 0 radical (unpaired) electrons. The first-order valence-electron chi connectivity index (χ1n) is 13.1. The van der Waals surface area contributed by atoms with Gasteiger partial charge in [0.1, 0.15) is 5.78 Å². The van der Waals surface area contributed by atoms with Gasteiger partial charge in [0.2, 0.25) is 0 Å². The van der Waals surface area contributed by atoms with E-state index in [0.29, 0.717) is 18.7 Å². The summed E-state index contributed by atoms with van der Waals surface area (Å²) in [5, 5.41) is 1.09. The van der Waals surface area contributed by atoms with Crippen molar-refractivity contribution in [3.8, 4) is 11.1 Å². The minimum atomic E-state index is -0.0452. The maximum Gasteiger partial charge on any atom is 0.165 e. The second-order valence-electron chi connectivity index (χ2n) is 11.6. The van der Waals surface area contributed by atoms with Crippen LogP contribution in [0.4, 0.5) is 0 Å². The van der Waals surface area contributed by atoms with Crippen molar-refractivity contribution < 1.29 is 9.59 Å². The smallest absolute Gasteiger partial charge is 0.165 e. The highest BCUT2D eigenvalue weighted by Crippen LogP contribution is 2.85. The molecule has 180 valence electrons. The van der Waals surface area contributed by atoms with Gasteiger partial charge in [-0.25, -0.2) is 0 Å². The molecule has 36 heavy (non-hydrogen) atoms. The fraction of sp³-hybridized carbons (Fsp3) is 0.344. The van der Waals surface area contributed by atoms with Crippen LogP contribution < -0.4 is 0 Å². The van der Waals surface area contributed by atoms with Gasteiger partial charge in [-0.3, -0.25) is 14.6 Å². The molecule has 0 spiro atoms. The molecule has 2 bridgehead atoms. The summed E-state index contributed by atoms with van der Waals surface area (Å²) in [5.74, 6) is 0.589. The van der Waals surface area contributed by atoms with Crippen LogP contribution in [0.3, 0.4) is 0 Å². The van der Waals surface area contributed by atoms with Gasteiger partial charge in [-0.05, 0) is 73.6 Å². The van der Waals surface area contributed by atoms with Crippen LogP contribution in [0.5, 0.6) is 0 Å². The molecule has 4 nitrogen and oxygen atoms in total. The van der Waals surface area contributed by atoms with Crippen molar-refractivity contribution in [1.29, 1.82) is 0 Å². The molecule has 4 aliphatic carbocycles. The molecule has 0 unspecified atom stereocenters. The van der Waals surface area contributed by atoms with Crippen molar-refractivity contribution in [2.75, 3.05) is 0 Å². The van der Waals surface area contributed by atoms with Gasteiger partial charge in [0.15, 0.2) is 5.78 Å². The Balaban J connectivity index is 1.13. The Bertz CT molecular complexity index is 1490. The van der Waals surface area contributed by atoms with Crippen LogP contribution in [0.1, 0.15) is 61.5 Å². The summed E-state index contributed by atoms with van der Waals surface area (Å²) in [6.07, 6.45) is 9.88. The number of fused-ring (bicyclic) bond motifs is 1. The van der Waals surface area contributed by atoms with Crippen molar-refractivity contribution in [3.63, 3.8) is 0 Å². The summed E-state index contributed by atoms with van der Waals surface area (Å²) in [5.41, 5.74) is 5.37. The highest BCUT2D eigenvalue weighted by Gasteiger charge is 2.79. The Kier molecular flexibility index (Phi) is 4.52. The number of nitrogens with zero attached hydrogens (tertiary/aromatic N) is 2. The maximum atomic E-state index is 13.7. The van der Waals surface area contributed by atoms with Gasteiger partial charge < -0.3 is 4.57 Å². The van der Waals surface area contributed by atoms with E-state index in [-0.39, 0.29) is 22.0 Å². The second kappa shape index (κ2) is 7.49. The van der Waals surface area contributed by atoms with Gasteiger partial charge in [-0.15, -0.1) is 0 Å². The van der Waals surface area contributed by atoms with E-state index in [1.807, 2.05) is 36.5 Å². The van der Waals surface area contributed by atoms with Crippen LogP contribution in [-0.2, 0) is 11.3 Å². The zero-order valence-electron chi connectivity index (χ0n) is 20.7. The molecule has 4 heteroatoms. The Hall–Kier alpha value is -3.53. The lowest BCUT2D eigenvalue weighted by molar-refractivity contribution is -0.233. The normalized spacial score (nSPS) is 25.1. The van der Waals surface area contributed by atoms with Crippen molar-refractivity contribution in [1.82, 2.24) is 9.55 Å². The number of benzene rings is 2. The van der Waals surface area contributed by atoms with Crippen molar-refractivity contribution in [2.45, 2.75) is 52.0 Å². The molecule has 4 aromatic rings. The molecular formula is C32H30N2O2. The molecule has 0 N–H and O–H groups in total. The van der Waals surface area contributed by atoms with Gasteiger partial charge in [-0.2, -0.15) is 0 Å². The van der Waals surface area contributed by atoms with Crippen LogP contribution in [0, 0.1) is 16.2 Å². The lowest BCUT2D eigenvalue weighted by Gasteiger charge is -2.73. The zero-order chi connectivity index (χ0) is 24.5. The third-order valence-electron chi connectivity index (χ3n) is 9.61. The summed E-state index contributed by atoms with van der Waals surface area (Å²) >= 11 is 0. The van der Waals surface area contributed by atoms with Crippen LogP contribution in [-0.4, -0.2) is 21.1 Å². The first-order chi connectivity index (χ1) is 17.4. The molecule has 0 atom stereocenters. The number of aromatic nitrogens is 2. The van der Waals surface area contributed by atoms with E-state index < -0.39 is 0 Å². The summed E-state index contributed by atoms with van der Waals surface area (Å²) in [6, 6.07) is 22.6. The average molecular weight is 475 g/mol. The van der Waals surface area contributed by atoms with Gasteiger partial charge in [0.25, 0.3) is 0 Å². The predicted molar refractivity (Wildman–Crippen MR) is 141 cm³/mol. The largest absolute Gasteiger partial charge is 0.341 e. The number of ketones is 2. The molecule has 8 rings (SSSR count). The molecule has 0 amide bonds. The molecule has 4 fully saturated rings. The highest BCUT2D eigenvalue weighted by molar-refractivity contribution is 6.07. The van der Waals surface area contributed by atoms with Crippen molar-refractivity contribution in [3.05, 3.63) is 90.4 Å². The van der Waals surface area contributed by atoms with E-state index in [9.17, 15) is 9.59 Å². The van der Waals surface area contributed by atoms with E-state index in [1.165, 1.54) is 0 Å². The van der Waals surface area contributed by atoms with E-state index in [4.69, 9.17) is 4.98 Å². The number of carbonyl (C=O) groups is 2. The molecule has 4 saturated carbocycles. The quantitative estimate of drug-likeness (QED) is 0.262. The first-order valence-corrected chi connectivity index (χ1v) is 13.1. The number of rotatable bonds is 8. The Labute approximate surface area is 211 Å². The fourth-order valence-electron chi connectivity index (χ4n) is 7.28. The average Bonchev–Trinajstić information content (AvgIpc) is 3.48. The monoisotopic (exact) mass is 474 g/mol. The molecule has 2 heterocycles. The molecule has 0 saturated heterocycles. The number of hydrogen-bond acceptors (Lipinski definition) is 3. The number of carbonyl (C=O) groups excluding carboxylic acids is 2. The van der Waals surface area contributed by atoms with Gasteiger partial charge >= 0.3 is 0 Å². The highest BCUT2D eigenvalue weighted by atomic mass is 16.1. The number of hydrogen-bond donors (Lipinski definition) is 0. The van der Waals surface area contributed by atoms with E-state index in [2.05, 4.69) is 47.2 Å². The fourth-order valence-corrected chi connectivity index (χ4v) is 7.28. The number of pyridine rings is 1. The van der Waals surface area contributed by atoms with Crippen LogP contribution >= 0.6 is 0 Å². The summed E-state index contributed by atoms with van der Waals surface area (Å²) < 4.78 is 2.17. The zero-order valence-corrected chi connectivity index (χ0v) is 20.7. The summed E-state index contributed by atoms with van der Waals surface area (Å²) in [6.45, 7) is 2.37. The second-order valence-corrected chi connectivity index (χ2v) is 11.6. The Morgan fingerprint density at radius 3 is 2.33 bits per heavy atom. The topological polar surface area (TPSA) is 52.0 Å². The van der Waals surface area contributed by atoms with E-state index >= 15 is 0 Å². The van der Waals surface area contributed by atoms with Crippen molar-refractivity contribution in [2.24, 2.45) is 16.2 Å². The summed E-state index contributed by atoms with van der Waals surface area (Å²) in [4.78, 5) is 30.5. The minimum Gasteiger partial charge on any atom is -0.341 e. The summed E-state index contributed by atoms with van der Waals surface area (Å²) in [7, 11) is 0. The van der Waals surface area contributed by atoms with Crippen LogP contribution in [0.2, 0.25) is 0 Å². The van der Waals surface area contributed by atoms with E-state index in [1.54, 1.807) is 6.92 Å². The number of para-hydroxylation sites is 1. The molecule has 2 aromatic heterocycles. The molecular weight excluding hydrogens is 444 g/mol. The molecule has 0 aliphatic heterocycles. The third-order valence-corrected chi connectivity index (χ3v) is 9.61. The number of Topliss-reactive ketones (excluding diaryl/α,β-unsaturated/α-hetero) is 2. The Morgan fingerprint density at radius 1 is 0.889 bits per heavy atom. The third kappa shape index (κ3) is 3.09. The predicted octanol–water partition coefficient (Wildman–Crippen LogP) is 6.86. The minimum absolute atomic E-state index is 0.0452. The van der Waals surface area contributed by atoms with Gasteiger partial charge in [-0.1, -0.05) is 48.5 Å². The lowest BCUT2D eigenvalue weighted by Crippen LogP contribution is -2.68. The first kappa shape index (κ1) is 21.7. The SMILES string of the molecule is CC(=O)C12CC(C3(CC(=O)c4cccc5ccn(Cc6ccc(-c7ccccc7)cn6)c45)CC3)(C1)C2. The molecule has 4 aliphatic rings. The van der Waals surface area contributed by atoms with Gasteiger partial charge in [0, 0.05) is 40.7 Å². The lowest BCUT2D eigenvalue weighted by atomic mass is 9.30. The van der Waals surface area contributed by atoms with Crippen LogP contribution in [0.25, 0.3) is 22.0 Å². The molecule has 2 aromatic carbocycles. The van der Waals surface area contributed by atoms with Gasteiger partial charge in [0.05, 0.1) is 17.8 Å².